The van der Waals surface area contributed by atoms with Gasteiger partial charge in [0.1, 0.15) is 0 Å². The van der Waals surface area contributed by atoms with Crippen LogP contribution in [0.4, 0.5) is 0 Å². The molecule has 130 valence electrons. The molecule has 0 radical (unpaired) electrons. The summed E-state index contributed by atoms with van der Waals surface area (Å²) in [6.45, 7) is 11.9. The van der Waals surface area contributed by atoms with Crippen LogP contribution in [0.25, 0.3) is 0 Å². The van der Waals surface area contributed by atoms with Gasteiger partial charge in [0.25, 0.3) is 0 Å². The first-order chi connectivity index (χ1) is 9.86. The van der Waals surface area contributed by atoms with Gasteiger partial charge in [-0.15, -0.1) is 0 Å². The molecular formula is C15H38O4Si2. The number of aliphatic hydroxyl groups excluding tert-OH is 2. The molecule has 0 saturated carbocycles. The van der Waals surface area contributed by atoms with Crippen molar-refractivity contribution >= 4 is 16.6 Å². The average Bonchev–Trinajstić information content (AvgIpc) is 2.48. The molecule has 0 bridgehead atoms. The third-order valence-electron chi connectivity index (χ3n) is 3.66. The van der Waals surface area contributed by atoms with Gasteiger partial charge >= 0.3 is 0 Å². The van der Waals surface area contributed by atoms with Crippen molar-refractivity contribution in [1.29, 1.82) is 0 Å². The molecule has 0 aliphatic heterocycles. The fourth-order valence-electron chi connectivity index (χ4n) is 2.00. The zero-order chi connectivity index (χ0) is 16.8. The monoisotopic (exact) mass is 338 g/mol. The summed E-state index contributed by atoms with van der Waals surface area (Å²) in [5.74, 6) is 0. The van der Waals surface area contributed by atoms with E-state index >= 15 is 0 Å². The lowest BCUT2D eigenvalue weighted by atomic mass is 10.4. The number of unbranched alkanes of at least 4 members (excludes halogenated alkanes) is 2. The van der Waals surface area contributed by atoms with E-state index in [2.05, 4.69) is 33.9 Å². The van der Waals surface area contributed by atoms with Gasteiger partial charge in [-0.05, 0) is 32.1 Å². The fourth-order valence-corrected chi connectivity index (χ4v) is 6.01. The fraction of sp³-hybridized carbons (Fsp3) is 1.00. The minimum absolute atomic E-state index is 0.0278. The molecule has 0 aliphatic carbocycles. The van der Waals surface area contributed by atoms with Gasteiger partial charge in [-0.3, -0.25) is 0 Å². The van der Waals surface area contributed by atoms with Crippen molar-refractivity contribution in [3.63, 3.8) is 0 Å². The Labute approximate surface area is 134 Å². The maximum atomic E-state index is 8.98. The smallest absolute Gasteiger partial charge is 0.242 e. The molecule has 4 nitrogen and oxygen atoms in total. The molecule has 0 aliphatic rings. The molecule has 0 spiro atoms. The highest BCUT2D eigenvalue weighted by molar-refractivity contribution is 6.73. The lowest BCUT2D eigenvalue weighted by Gasteiger charge is -2.24. The Bertz CT molecular complexity index is 213. The molecule has 0 unspecified atom stereocenters. The van der Waals surface area contributed by atoms with Crippen molar-refractivity contribution < 1.29 is 19.1 Å². The molecule has 0 heterocycles. The Morgan fingerprint density at radius 2 is 1.33 bits per heavy atom. The van der Waals surface area contributed by atoms with Crippen LogP contribution >= 0.6 is 0 Å². The molecule has 0 aromatic rings. The SMILES string of the molecule is CCCC[Si](C)(C)OCC.CCCC[Si](CO)(CO)OC. The third kappa shape index (κ3) is 12.5. The minimum Gasteiger partial charge on any atom is -0.418 e. The zero-order valence-corrected chi connectivity index (χ0v) is 17.1. The van der Waals surface area contributed by atoms with E-state index in [9.17, 15) is 0 Å². The highest BCUT2D eigenvalue weighted by Gasteiger charge is 2.31. The van der Waals surface area contributed by atoms with Gasteiger partial charge in [0, 0.05) is 13.7 Å². The first kappa shape index (κ1) is 23.5. The summed E-state index contributed by atoms with van der Waals surface area (Å²) in [4.78, 5) is 0. The lowest BCUT2D eigenvalue weighted by molar-refractivity contribution is 0.252. The van der Waals surface area contributed by atoms with E-state index < -0.39 is 16.6 Å². The van der Waals surface area contributed by atoms with Gasteiger partial charge in [-0.25, -0.2) is 0 Å². The van der Waals surface area contributed by atoms with Gasteiger partial charge < -0.3 is 19.1 Å². The summed E-state index contributed by atoms with van der Waals surface area (Å²) >= 11 is 0. The largest absolute Gasteiger partial charge is 0.418 e. The summed E-state index contributed by atoms with van der Waals surface area (Å²) in [6, 6.07) is 2.17. The standard InChI is InChI=1S/C8H20OSi.C7H18O3Si/c1-5-7-8-10(3,4)9-6-2;1-3-4-5-11(6-8,7-9)10-2/h5-8H2,1-4H3;8-9H,3-7H2,1-2H3. The number of aliphatic hydroxyl groups is 2. The molecule has 21 heavy (non-hydrogen) atoms. The lowest BCUT2D eigenvalue weighted by Crippen LogP contribution is -2.46. The maximum absolute atomic E-state index is 8.98. The van der Waals surface area contributed by atoms with Gasteiger partial charge in [0.2, 0.25) is 8.32 Å². The number of hydrogen-bond donors (Lipinski definition) is 2. The van der Waals surface area contributed by atoms with Crippen LogP contribution in [0, 0.1) is 0 Å². The summed E-state index contributed by atoms with van der Waals surface area (Å²) in [5.41, 5.74) is 0. The van der Waals surface area contributed by atoms with Crippen LogP contribution in [-0.4, -0.2) is 53.0 Å². The molecular weight excluding hydrogens is 300 g/mol. The van der Waals surface area contributed by atoms with Crippen LogP contribution < -0.4 is 0 Å². The molecule has 0 aromatic carbocycles. The number of rotatable bonds is 11. The molecule has 6 heteroatoms. The Morgan fingerprint density at radius 3 is 1.67 bits per heavy atom. The van der Waals surface area contributed by atoms with E-state index in [4.69, 9.17) is 19.1 Å². The summed E-state index contributed by atoms with van der Waals surface area (Å²) < 4.78 is 10.8. The predicted octanol–water partition coefficient (Wildman–Crippen LogP) is 3.47. The summed E-state index contributed by atoms with van der Waals surface area (Å²) in [6.07, 6.45) is 4.79. The first-order valence-corrected chi connectivity index (χ1v) is 13.9. The van der Waals surface area contributed by atoms with Crippen molar-refractivity contribution in [3.8, 4) is 0 Å². The van der Waals surface area contributed by atoms with Crippen LogP contribution in [0.3, 0.4) is 0 Å². The van der Waals surface area contributed by atoms with Crippen LogP contribution in [0.2, 0.25) is 25.2 Å². The molecule has 0 atom stereocenters. The number of hydrogen-bond acceptors (Lipinski definition) is 4. The van der Waals surface area contributed by atoms with Crippen LogP contribution in [-0.2, 0) is 8.85 Å². The van der Waals surface area contributed by atoms with E-state index in [1.54, 1.807) is 7.11 Å². The Morgan fingerprint density at radius 1 is 0.857 bits per heavy atom. The van der Waals surface area contributed by atoms with E-state index in [0.29, 0.717) is 0 Å². The van der Waals surface area contributed by atoms with Gasteiger partial charge in [-0.1, -0.05) is 39.5 Å². The first-order valence-electron chi connectivity index (χ1n) is 8.27. The van der Waals surface area contributed by atoms with E-state index in [1.165, 1.54) is 18.9 Å². The molecule has 0 fully saturated rings. The van der Waals surface area contributed by atoms with Gasteiger partial charge in [0.15, 0.2) is 8.32 Å². The Hall–Kier alpha value is 0.274. The highest BCUT2D eigenvalue weighted by atomic mass is 28.4. The Balaban J connectivity index is 0. The highest BCUT2D eigenvalue weighted by Crippen LogP contribution is 2.14. The average molecular weight is 339 g/mol. The second-order valence-electron chi connectivity index (χ2n) is 6.10. The normalized spacial score (nSPS) is 12.0. The molecule has 0 aromatic heterocycles. The van der Waals surface area contributed by atoms with Gasteiger partial charge in [-0.2, -0.15) is 0 Å². The van der Waals surface area contributed by atoms with Crippen molar-refractivity contribution in [2.75, 3.05) is 26.2 Å². The maximum Gasteiger partial charge on any atom is 0.242 e. The molecule has 0 amide bonds. The van der Waals surface area contributed by atoms with E-state index in [1.807, 2.05) is 0 Å². The van der Waals surface area contributed by atoms with Crippen molar-refractivity contribution in [3.05, 3.63) is 0 Å². The van der Waals surface area contributed by atoms with Gasteiger partial charge in [0.05, 0.1) is 12.5 Å². The predicted molar refractivity (Wildman–Crippen MR) is 95.5 cm³/mol. The van der Waals surface area contributed by atoms with Crippen LogP contribution in [0.1, 0.15) is 46.5 Å². The second kappa shape index (κ2) is 13.9. The third-order valence-corrected chi connectivity index (χ3v) is 9.57. The molecule has 0 saturated heterocycles. The Kier molecular flexibility index (Phi) is 15.6. The quantitative estimate of drug-likeness (QED) is 0.566. The zero-order valence-electron chi connectivity index (χ0n) is 15.1. The van der Waals surface area contributed by atoms with Crippen molar-refractivity contribution in [1.82, 2.24) is 0 Å². The second-order valence-corrected chi connectivity index (χ2v) is 14.3. The van der Waals surface area contributed by atoms with Crippen LogP contribution in [0.5, 0.6) is 0 Å². The van der Waals surface area contributed by atoms with E-state index in [0.717, 1.165) is 25.5 Å². The van der Waals surface area contributed by atoms with E-state index in [-0.39, 0.29) is 12.5 Å². The molecule has 0 rings (SSSR count). The van der Waals surface area contributed by atoms with Crippen LogP contribution in [0.15, 0.2) is 0 Å². The minimum atomic E-state index is -2.13. The van der Waals surface area contributed by atoms with Crippen molar-refractivity contribution in [2.24, 2.45) is 0 Å². The van der Waals surface area contributed by atoms with Crippen molar-refractivity contribution in [2.45, 2.75) is 71.6 Å². The summed E-state index contributed by atoms with van der Waals surface area (Å²) in [7, 11) is -1.77. The summed E-state index contributed by atoms with van der Waals surface area (Å²) in [5, 5.41) is 18.0. The molecule has 2 N–H and O–H groups in total. The topological polar surface area (TPSA) is 58.9 Å².